The Kier molecular flexibility index (Phi) is 4.62. The molecule has 0 atom stereocenters. The molecule has 1 aromatic carbocycles. The van der Waals surface area contributed by atoms with Gasteiger partial charge in [-0.15, -0.1) is 11.3 Å². The van der Waals surface area contributed by atoms with E-state index >= 15 is 0 Å². The summed E-state index contributed by atoms with van der Waals surface area (Å²) in [6.45, 7) is 0. The van der Waals surface area contributed by atoms with E-state index in [1.165, 1.54) is 12.3 Å². The molecule has 0 unspecified atom stereocenters. The molecule has 0 amide bonds. The molecule has 2 aromatic heterocycles. The Balaban J connectivity index is 2.27. The van der Waals surface area contributed by atoms with Crippen LogP contribution in [0.1, 0.15) is 10.6 Å². The monoisotopic (exact) mass is 419 g/mol. The lowest BCUT2D eigenvalue weighted by molar-refractivity contribution is 0.513. The van der Waals surface area contributed by atoms with E-state index in [9.17, 15) is 15.2 Å². The van der Waals surface area contributed by atoms with E-state index in [2.05, 4.69) is 25.9 Å². The van der Waals surface area contributed by atoms with Crippen LogP contribution in [0.4, 0.5) is 0 Å². The maximum Gasteiger partial charge on any atom is 0.279 e. The number of benzene rings is 1. The summed E-state index contributed by atoms with van der Waals surface area (Å²) in [5.74, 6) is -0.380. The quantitative estimate of drug-likeness (QED) is 0.377. The minimum atomic E-state index is -0.460. The molecule has 0 saturated heterocycles. The first-order chi connectivity index (χ1) is 11.5. The third-order valence-electron chi connectivity index (χ3n) is 3.15. The summed E-state index contributed by atoms with van der Waals surface area (Å²) in [5.41, 5.74) is -0.416. The number of rotatable bonds is 2. The van der Waals surface area contributed by atoms with Gasteiger partial charge in [-0.25, -0.2) is 4.98 Å². The SMILES string of the molecule is N#C/C(=C(/O)c1cc(Br)cnc1Cl)c1nc(=O)c2ccccc2s1. The number of aromatic nitrogens is 2. The van der Waals surface area contributed by atoms with Gasteiger partial charge in [-0.05, 0) is 34.1 Å². The molecule has 0 bridgehead atoms. The van der Waals surface area contributed by atoms with Gasteiger partial charge in [0.15, 0.2) is 0 Å². The standard InChI is InChI=1S/C16H7BrClN3O2S/c17-8-5-10(14(18)20-7-8)13(22)11(6-19)16-21-15(23)9-3-1-2-4-12(9)24-16/h1-5,7,22H/b13-11-. The number of allylic oxidation sites excluding steroid dienone is 1. The van der Waals surface area contributed by atoms with E-state index in [0.29, 0.717) is 14.6 Å². The molecule has 2 heterocycles. The molecule has 3 rings (SSSR count). The van der Waals surface area contributed by atoms with Crippen molar-refractivity contribution in [3.63, 3.8) is 0 Å². The van der Waals surface area contributed by atoms with Crippen LogP contribution in [0, 0.1) is 11.3 Å². The van der Waals surface area contributed by atoms with Gasteiger partial charge in [-0.3, -0.25) is 4.79 Å². The molecule has 0 radical (unpaired) electrons. The average Bonchev–Trinajstić information content (AvgIpc) is 2.57. The smallest absolute Gasteiger partial charge is 0.279 e. The molecule has 0 aliphatic rings. The highest BCUT2D eigenvalue weighted by atomic mass is 79.9. The van der Waals surface area contributed by atoms with Gasteiger partial charge in [-0.2, -0.15) is 10.2 Å². The zero-order chi connectivity index (χ0) is 17.3. The van der Waals surface area contributed by atoms with Crippen molar-refractivity contribution in [2.24, 2.45) is 0 Å². The fraction of sp³-hybridized carbons (Fsp3) is 0. The summed E-state index contributed by atoms with van der Waals surface area (Å²) >= 11 is 10.4. The molecule has 3 aromatic rings. The van der Waals surface area contributed by atoms with Crippen molar-refractivity contribution in [3.05, 3.63) is 67.1 Å². The highest BCUT2D eigenvalue weighted by molar-refractivity contribution is 9.10. The van der Waals surface area contributed by atoms with Crippen LogP contribution in [0.2, 0.25) is 5.15 Å². The van der Waals surface area contributed by atoms with Gasteiger partial charge in [0, 0.05) is 15.4 Å². The minimum absolute atomic E-state index is 0.0385. The number of pyridine rings is 1. The predicted octanol–water partition coefficient (Wildman–Crippen LogP) is 4.42. The van der Waals surface area contributed by atoms with Crippen LogP contribution in [0.15, 0.2) is 45.8 Å². The topological polar surface area (TPSA) is 86.9 Å². The summed E-state index contributed by atoms with van der Waals surface area (Å²) < 4.78 is 1.26. The van der Waals surface area contributed by atoms with Crippen LogP contribution in [0.25, 0.3) is 21.4 Å². The lowest BCUT2D eigenvalue weighted by atomic mass is 10.1. The zero-order valence-electron chi connectivity index (χ0n) is 11.8. The van der Waals surface area contributed by atoms with E-state index < -0.39 is 5.56 Å². The Morgan fingerprint density at radius 1 is 1.38 bits per heavy atom. The maximum absolute atomic E-state index is 12.1. The van der Waals surface area contributed by atoms with Gasteiger partial charge in [0.25, 0.3) is 5.56 Å². The van der Waals surface area contributed by atoms with Crippen LogP contribution in [-0.2, 0) is 0 Å². The molecule has 0 saturated carbocycles. The van der Waals surface area contributed by atoms with Gasteiger partial charge < -0.3 is 5.11 Å². The van der Waals surface area contributed by atoms with Gasteiger partial charge in [0.2, 0.25) is 0 Å². The Morgan fingerprint density at radius 2 is 2.12 bits per heavy atom. The summed E-state index contributed by atoms with van der Waals surface area (Å²) in [6.07, 6.45) is 1.47. The highest BCUT2D eigenvalue weighted by Crippen LogP contribution is 2.31. The predicted molar refractivity (Wildman–Crippen MR) is 97.9 cm³/mol. The number of hydrogen-bond donors (Lipinski definition) is 1. The zero-order valence-corrected chi connectivity index (χ0v) is 15.0. The van der Waals surface area contributed by atoms with Gasteiger partial charge in [0.05, 0.1) is 10.9 Å². The van der Waals surface area contributed by atoms with E-state index in [-0.39, 0.29) is 27.1 Å². The fourth-order valence-electron chi connectivity index (χ4n) is 2.04. The van der Waals surface area contributed by atoms with E-state index in [1.807, 2.05) is 6.07 Å². The number of hydrogen-bond acceptors (Lipinski definition) is 6. The molecule has 0 spiro atoms. The number of nitriles is 1. The first-order valence-corrected chi connectivity index (χ1v) is 8.55. The fourth-order valence-corrected chi connectivity index (χ4v) is 3.56. The Hall–Kier alpha value is -2.27. The average molecular weight is 421 g/mol. The second kappa shape index (κ2) is 6.69. The molecule has 1 N–H and O–H groups in total. The van der Waals surface area contributed by atoms with Crippen molar-refractivity contribution in [3.8, 4) is 6.07 Å². The second-order valence-corrected chi connectivity index (χ2v) is 6.95. The third kappa shape index (κ3) is 3.04. The van der Waals surface area contributed by atoms with Crippen LogP contribution >= 0.6 is 38.9 Å². The van der Waals surface area contributed by atoms with Crippen molar-refractivity contribution < 1.29 is 5.11 Å². The van der Waals surface area contributed by atoms with Crippen LogP contribution < -0.4 is 5.56 Å². The molecule has 24 heavy (non-hydrogen) atoms. The first kappa shape index (κ1) is 16.6. The Bertz CT molecular complexity index is 1090. The van der Waals surface area contributed by atoms with Crippen molar-refractivity contribution >= 4 is 60.3 Å². The molecular formula is C16H7BrClN3O2S. The van der Waals surface area contributed by atoms with Crippen molar-refractivity contribution in [2.45, 2.75) is 0 Å². The van der Waals surface area contributed by atoms with E-state index in [0.717, 1.165) is 11.3 Å². The second-order valence-electron chi connectivity index (χ2n) is 4.65. The number of aliphatic hydroxyl groups is 1. The highest BCUT2D eigenvalue weighted by Gasteiger charge is 2.18. The molecule has 118 valence electrons. The van der Waals surface area contributed by atoms with Crippen molar-refractivity contribution in [1.82, 2.24) is 9.97 Å². The normalized spacial score (nSPS) is 11.9. The lowest BCUT2D eigenvalue weighted by Crippen LogP contribution is -2.07. The molecule has 0 fully saturated rings. The molecule has 5 nitrogen and oxygen atoms in total. The van der Waals surface area contributed by atoms with E-state index in [4.69, 9.17) is 11.6 Å². The Labute approximate surface area is 153 Å². The van der Waals surface area contributed by atoms with Crippen LogP contribution in [0.5, 0.6) is 0 Å². The number of fused-ring (bicyclic) bond motifs is 1. The summed E-state index contributed by atoms with van der Waals surface area (Å²) in [7, 11) is 0. The molecule has 0 aliphatic carbocycles. The third-order valence-corrected chi connectivity index (χ3v) is 4.95. The van der Waals surface area contributed by atoms with Crippen LogP contribution in [0.3, 0.4) is 0 Å². The number of aliphatic hydroxyl groups excluding tert-OH is 1. The van der Waals surface area contributed by atoms with Crippen molar-refractivity contribution in [2.75, 3.05) is 0 Å². The number of halogens is 2. The van der Waals surface area contributed by atoms with Crippen molar-refractivity contribution in [1.29, 1.82) is 5.26 Å². The van der Waals surface area contributed by atoms with Gasteiger partial charge >= 0.3 is 0 Å². The molecule has 8 heteroatoms. The van der Waals surface area contributed by atoms with Gasteiger partial charge in [-0.1, -0.05) is 23.7 Å². The minimum Gasteiger partial charge on any atom is -0.506 e. The van der Waals surface area contributed by atoms with E-state index in [1.54, 1.807) is 24.3 Å². The number of nitrogens with zero attached hydrogens (tertiary/aromatic N) is 3. The summed E-state index contributed by atoms with van der Waals surface area (Å²) in [6, 6.07) is 10.4. The first-order valence-electron chi connectivity index (χ1n) is 6.56. The molecular weight excluding hydrogens is 414 g/mol. The lowest BCUT2D eigenvalue weighted by Gasteiger charge is -2.06. The Morgan fingerprint density at radius 3 is 2.88 bits per heavy atom. The summed E-state index contributed by atoms with van der Waals surface area (Å²) in [4.78, 5) is 20.0. The largest absolute Gasteiger partial charge is 0.506 e. The maximum atomic E-state index is 12.1. The van der Waals surface area contributed by atoms with Gasteiger partial charge in [0.1, 0.15) is 27.6 Å². The summed E-state index contributed by atoms with van der Waals surface area (Å²) in [5, 5.41) is 20.6. The molecule has 0 aliphatic heterocycles. The van der Waals surface area contributed by atoms with Crippen LogP contribution in [-0.4, -0.2) is 15.1 Å².